The van der Waals surface area contributed by atoms with Crippen molar-refractivity contribution >= 4 is 27.8 Å². The summed E-state index contributed by atoms with van der Waals surface area (Å²) in [5.41, 5.74) is -6.34. The molecular formula is C29H37F4N3O8S. The molecular weight excluding hydrogens is 626 g/mol. The van der Waals surface area contributed by atoms with E-state index in [9.17, 15) is 45.5 Å². The Balaban J connectivity index is 1.27. The summed E-state index contributed by atoms with van der Waals surface area (Å²) in [5, 5.41) is 15.1. The number of methoxy groups -OCH3 is 1. The predicted molar refractivity (Wildman–Crippen MR) is 150 cm³/mol. The van der Waals surface area contributed by atoms with E-state index in [4.69, 9.17) is 9.47 Å². The highest BCUT2D eigenvalue weighted by atomic mass is 32.2. The van der Waals surface area contributed by atoms with Gasteiger partial charge in [-0.3, -0.25) is 14.4 Å². The molecule has 1 heterocycles. The Morgan fingerprint density at radius 2 is 1.69 bits per heavy atom. The molecule has 250 valence electrons. The minimum Gasteiger partial charge on any atom is -0.496 e. The number of nitrogens with one attached hydrogen (secondary N) is 2. The zero-order valence-electron chi connectivity index (χ0n) is 24.9. The molecule has 3 N–H and O–H groups in total. The van der Waals surface area contributed by atoms with E-state index in [1.807, 2.05) is 0 Å². The van der Waals surface area contributed by atoms with Gasteiger partial charge in [0.05, 0.1) is 30.1 Å². The average Bonchev–Trinajstić information content (AvgIpc) is 3.71. The minimum atomic E-state index is -5.51. The number of alkyl halides is 3. The molecule has 1 aromatic rings. The van der Waals surface area contributed by atoms with Crippen LogP contribution < -0.4 is 20.1 Å². The summed E-state index contributed by atoms with van der Waals surface area (Å²) in [5.74, 6) is -3.79. The number of hydrogen-bond acceptors (Lipinski definition) is 7. The van der Waals surface area contributed by atoms with Crippen molar-refractivity contribution in [1.29, 1.82) is 0 Å². The SMILES string of the molecule is COc1cc(F)c(OC2CCC(C)(C(=O)O)CC2)cc1C(=O)N[C@@H]1[C@H]2CC[C@H](C2)[C@@H]1C(=O)NC1CCN(S(=O)(=O)C(F)(F)F)C1. The van der Waals surface area contributed by atoms with Gasteiger partial charge in [0, 0.05) is 31.2 Å². The molecule has 0 spiro atoms. The molecule has 1 unspecified atom stereocenters. The van der Waals surface area contributed by atoms with Gasteiger partial charge in [-0.05, 0) is 76.2 Å². The number of aliphatic carboxylic acids is 1. The first-order valence-electron chi connectivity index (χ1n) is 15.0. The average molecular weight is 664 g/mol. The maximum absolute atomic E-state index is 15.0. The van der Waals surface area contributed by atoms with Crippen LogP contribution in [0.4, 0.5) is 17.6 Å². The Hall–Kier alpha value is -3.14. The van der Waals surface area contributed by atoms with Gasteiger partial charge in [-0.15, -0.1) is 0 Å². The van der Waals surface area contributed by atoms with Crippen molar-refractivity contribution in [2.45, 2.75) is 82.0 Å². The van der Waals surface area contributed by atoms with E-state index >= 15 is 0 Å². The van der Waals surface area contributed by atoms with Crippen molar-refractivity contribution in [3.05, 3.63) is 23.5 Å². The number of fused-ring (bicyclic) bond motifs is 2. The van der Waals surface area contributed by atoms with Gasteiger partial charge < -0.3 is 25.2 Å². The third kappa shape index (κ3) is 6.44. The third-order valence-corrected chi connectivity index (χ3v) is 11.6. The molecule has 16 heteroatoms. The van der Waals surface area contributed by atoms with Crippen molar-refractivity contribution < 1.29 is 54.9 Å². The molecule has 2 amide bonds. The molecule has 0 radical (unpaired) electrons. The first-order valence-corrected chi connectivity index (χ1v) is 16.4. The molecule has 1 saturated heterocycles. The fourth-order valence-electron chi connectivity index (χ4n) is 7.33. The fraction of sp³-hybridized carbons (Fsp3) is 0.690. The molecule has 1 aliphatic heterocycles. The number of rotatable bonds is 9. The van der Waals surface area contributed by atoms with E-state index < -0.39 is 75.2 Å². The van der Waals surface area contributed by atoms with Crippen molar-refractivity contribution in [2.75, 3.05) is 20.2 Å². The second kappa shape index (κ2) is 12.2. The quantitative estimate of drug-likeness (QED) is 0.340. The highest BCUT2D eigenvalue weighted by Gasteiger charge is 2.54. The second-order valence-corrected chi connectivity index (χ2v) is 14.8. The van der Waals surface area contributed by atoms with Gasteiger partial charge in [0.2, 0.25) is 5.91 Å². The summed E-state index contributed by atoms with van der Waals surface area (Å²) < 4.78 is 89.0. The molecule has 45 heavy (non-hydrogen) atoms. The van der Waals surface area contributed by atoms with Crippen LogP contribution in [0.3, 0.4) is 0 Å². The number of nitrogens with zero attached hydrogens (tertiary/aromatic N) is 1. The van der Waals surface area contributed by atoms with E-state index in [0.717, 1.165) is 18.9 Å². The second-order valence-electron chi connectivity index (χ2n) is 12.8. The topological polar surface area (TPSA) is 151 Å². The van der Waals surface area contributed by atoms with Gasteiger partial charge in [0.25, 0.3) is 5.91 Å². The van der Waals surface area contributed by atoms with Gasteiger partial charge in [0.15, 0.2) is 11.6 Å². The predicted octanol–water partition coefficient (Wildman–Crippen LogP) is 3.43. The Morgan fingerprint density at radius 1 is 1.02 bits per heavy atom. The van der Waals surface area contributed by atoms with Crippen LogP contribution >= 0.6 is 0 Å². The van der Waals surface area contributed by atoms with E-state index in [-0.39, 0.29) is 41.9 Å². The molecule has 0 aromatic heterocycles. The lowest BCUT2D eigenvalue weighted by molar-refractivity contribution is -0.150. The van der Waals surface area contributed by atoms with Crippen LogP contribution in [0.2, 0.25) is 0 Å². The standard InChI is InChI=1S/C29H37F4N3O8S/c1-28(27(39)40)8-5-18(6-9-28)44-22-12-19(21(43-2)13-20(22)30)25(37)35-24-16-4-3-15(11-16)23(24)26(38)34-17-7-10-36(14-17)45(41,42)29(31,32)33/h12-13,15-18,23-24H,3-11,14H2,1-2H3,(H,34,38)(H,35,37)(H,39,40)/t15-,16+,17?,18?,23+,24-,28?/m1/s1. The van der Waals surface area contributed by atoms with Gasteiger partial charge in [-0.2, -0.15) is 17.5 Å². The van der Waals surface area contributed by atoms with Gasteiger partial charge in [0.1, 0.15) is 5.75 Å². The van der Waals surface area contributed by atoms with Crippen molar-refractivity contribution in [2.24, 2.45) is 23.2 Å². The first-order chi connectivity index (χ1) is 21.0. The highest BCUT2D eigenvalue weighted by molar-refractivity contribution is 7.90. The number of sulfonamides is 1. The fourth-order valence-corrected chi connectivity index (χ4v) is 8.34. The molecule has 1 aromatic carbocycles. The monoisotopic (exact) mass is 663 g/mol. The lowest BCUT2D eigenvalue weighted by Gasteiger charge is -2.34. The number of hydrogen-bond donors (Lipinski definition) is 3. The summed E-state index contributed by atoms with van der Waals surface area (Å²) in [6.45, 7) is 0.779. The van der Waals surface area contributed by atoms with Crippen molar-refractivity contribution in [3.63, 3.8) is 0 Å². The van der Waals surface area contributed by atoms with E-state index in [2.05, 4.69) is 10.6 Å². The molecule has 11 nitrogen and oxygen atoms in total. The van der Waals surface area contributed by atoms with E-state index in [1.54, 1.807) is 6.92 Å². The lowest BCUT2D eigenvalue weighted by Crippen LogP contribution is -2.52. The summed E-state index contributed by atoms with van der Waals surface area (Å²) in [4.78, 5) is 38.6. The summed E-state index contributed by atoms with van der Waals surface area (Å²) in [7, 11) is -4.23. The normalized spacial score (nSPS) is 31.9. The van der Waals surface area contributed by atoms with Crippen LogP contribution in [0.15, 0.2) is 12.1 Å². The van der Waals surface area contributed by atoms with Crippen LogP contribution in [-0.2, 0) is 19.6 Å². The van der Waals surface area contributed by atoms with Gasteiger partial charge in [-0.1, -0.05) is 0 Å². The maximum Gasteiger partial charge on any atom is 0.511 e. The van der Waals surface area contributed by atoms with Gasteiger partial charge >= 0.3 is 21.5 Å². The Bertz CT molecular complexity index is 1450. The molecule has 5 atom stereocenters. The zero-order valence-corrected chi connectivity index (χ0v) is 25.7. The molecule has 2 bridgehead atoms. The molecule has 4 fully saturated rings. The zero-order chi connectivity index (χ0) is 32.9. The van der Waals surface area contributed by atoms with E-state index in [0.29, 0.717) is 36.4 Å². The van der Waals surface area contributed by atoms with E-state index in [1.165, 1.54) is 13.2 Å². The minimum absolute atomic E-state index is 0.0188. The first kappa shape index (κ1) is 33.2. The highest BCUT2D eigenvalue weighted by Crippen LogP contribution is 2.49. The molecule has 3 saturated carbocycles. The van der Waals surface area contributed by atoms with Crippen LogP contribution in [0, 0.1) is 29.0 Å². The Labute approximate surface area is 258 Å². The molecule has 4 aliphatic rings. The summed E-state index contributed by atoms with van der Waals surface area (Å²) in [6.07, 6.45) is 3.19. The number of carboxylic acids is 1. The summed E-state index contributed by atoms with van der Waals surface area (Å²) >= 11 is 0. The molecule has 3 aliphatic carbocycles. The third-order valence-electron chi connectivity index (χ3n) is 9.99. The lowest BCUT2D eigenvalue weighted by atomic mass is 9.75. The van der Waals surface area contributed by atoms with Crippen molar-refractivity contribution in [1.82, 2.24) is 14.9 Å². The maximum atomic E-state index is 15.0. The largest absolute Gasteiger partial charge is 0.511 e. The number of halogens is 4. The molecule has 5 rings (SSSR count). The van der Waals surface area contributed by atoms with Crippen LogP contribution in [-0.4, -0.2) is 79.5 Å². The Kier molecular flexibility index (Phi) is 9.03. The van der Waals surface area contributed by atoms with Crippen LogP contribution in [0.5, 0.6) is 11.5 Å². The number of carbonyl (C=O) groups is 3. The van der Waals surface area contributed by atoms with Crippen LogP contribution in [0.1, 0.15) is 68.6 Å². The number of ether oxygens (including phenoxy) is 2. The summed E-state index contributed by atoms with van der Waals surface area (Å²) in [6, 6.07) is 0.833. The number of benzene rings is 1. The van der Waals surface area contributed by atoms with Gasteiger partial charge in [-0.25, -0.2) is 12.8 Å². The smallest absolute Gasteiger partial charge is 0.496 e. The van der Waals surface area contributed by atoms with Crippen LogP contribution in [0.25, 0.3) is 0 Å². The number of amides is 2. The van der Waals surface area contributed by atoms with Crippen molar-refractivity contribution in [3.8, 4) is 11.5 Å². The Morgan fingerprint density at radius 3 is 2.31 bits per heavy atom. The number of carboxylic acid groups (broad SMARTS) is 1. The number of carbonyl (C=O) groups excluding carboxylic acids is 2.